The predicted octanol–water partition coefficient (Wildman–Crippen LogP) is 4.42. The molecule has 0 aliphatic carbocycles. The number of H-pyrrole nitrogens is 1. The van der Waals surface area contributed by atoms with E-state index >= 15 is 0 Å². The van der Waals surface area contributed by atoms with Crippen LogP contribution in [0.4, 0.5) is 4.39 Å². The van der Waals surface area contributed by atoms with Gasteiger partial charge in [-0.2, -0.15) is 14.9 Å². The van der Waals surface area contributed by atoms with E-state index in [0.29, 0.717) is 18.0 Å². The van der Waals surface area contributed by atoms with Crippen molar-refractivity contribution in [3.63, 3.8) is 0 Å². The third kappa shape index (κ3) is 4.00. The minimum atomic E-state index is -0.384. The molecule has 1 aromatic heterocycles. The molecule has 7 heteroatoms. The average Bonchev–Trinajstić information content (AvgIpc) is 3.00. The van der Waals surface area contributed by atoms with Gasteiger partial charge in [0.25, 0.3) is 0 Å². The second-order valence-electron chi connectivity index (χ2n) is 5.31. The van der Waals surface area contributed by atoms with Gasteiger partial charge in [0.2, 0.25) is 4.77 Å². The molecule has 3 rings (SSSR count). The van der Waals surface area contributed by atoms with Crippen molar-refractivity contribution in [2.24, 2.45) is 5.10 Å². The van der Waals surface area contributed by atoms with Gasteiger partial charge in [0.15, 0.2) is 5.82 Å². The normalized spacial score (nSPS) is 11.1. The molecule has 1 heterocycles. The molecule has 0 radical (unpaired) electrons. The number of hydrogen-bond acceptors (Lipinski definition) is 4. The number of hydrogen-bond donors (Lipinski definition) is 1. The summed E-state index contributed by atoms with van der Waals surface area (Å²) in [4.78, 5) is 0. The van der Waals surface area contributed by atoms with Crippen LogP contribution >= 0.6 is 12.2 Å². The SMILES string of the molecule is CCCOc1ccc(/C=N\n2c(-c3ccccc3F)n[nH]c2=S)cc1. The van der Waals surface area contributed by atoms with Crippen LogP contribution in [0.5, 0.6) is 5.75 Å². The van der Waals surface area contributed by atoms with Crippen LogP contribution in [0.3, 0.4) is 0 Å². The molecule has 0 saturated heterocycles. The molecule has 25 heavy (non-hydrogen) atoms. The van der Waals surface area contributed by atoms with Crippen LogP contribution in [0, 0.1) is 10.6 Å². The average molecular weight is 356 g/mol. The maximum atomic E-state index is 14.0. The van der Waals surface area contributed by atoms with E-state index in [0.717, 1.165) is 17.7 Å². The topological polar surface area (TPSA) is 55.2 Å². The summed E-state index contributed by atoms with van der Waals surface area (Å²) in [5.74, 6) is 0.749. The third-order valence-corrected chi connectivity index (χ3v) is 3.70. The van der Waals surface area contributed by atoms with Gasteiger partial charge in [-0.3, -0.25) is 0 Å². The standard InChI is InChI=1S/C18H17FN4OS/c1-2-11-24-14-9-7-13(8-10-14)12-20-23-17(21-22-18(23)25)15-5-3-4-6-16(15)19/h3-10,12H,2,11H2,1H3,(H,22,25)/b20-12-. The summed E-state index contributed by atoms with van der Waals surface area (Å²) in [7, 11) is 0. The Morgan fingerprint density at radius 2 is 2.00 bits per heavy atom. The Balaban J connectivity index is 1.86. The highest BCUT2D eigenvalue weighted by Gasteiger charge is 2.12. The number of aromatic nitrogens is 3. The van der Waals surface area contributed by atoms with E-state index in [-0.39, 0.29) is 10.6 Å². The van der Waals surface area contributed by atoms with Gasteiger partial charge in [-0.1, -0.05) is 19.1 Å². The minimum absolute atomic E-state index is 0.289. The minimum Gasteiger partial charge on any atom is -0.494 e. The lowest BCUT2D eigenvalue weighted by Crippen LogP contribution is -1.97. The first-order valence-electron chi connectivity index (χ1n) is 7.88. The first kappa shape index (κ1) is 17.0. The van der Waals surface area contributed by atoms with Gasteiger partial charge >= 0.3 is 0 Å². The van der Waals surface area contributed by atoms with E-state index in [1.165, 1.54) is 10.7 Å². The van der Waals surface area contributed by atoms with Crippen molar-refractivity contribution in [1.82, 2.24) is 14.9 Å². The number of aromatic amines is 1. The van der Waals surface area contributed by atoms with Crippen molar-refractivity contribution in [1.29, 1.82) is 0 Å². The van der Waals surface area contributed by atoms with Crippen molar-refractivity contribution in [3.8, 4) is 17.1 Å². The molecular formula is C18H17FN4OS. The lowest BCUT2D eigenvalue weighted by Gasteiger charge is -2.04. The van der Waals surface area contributed by atoms with Crippen LogP contribution in [-0.4, -0.2) is 27.7 Å². The van der Waals surface area contributed by atoms with Gasteiger partial charge in [0.1, 0.15) is 11.6 Å². The van der Waals surface area contributed by atoms with Gasteiger partial charge < -0.3 is 4.74 Å². The first-order chi connectivity index (χ1) is 12.2. The maximum Gasteiger partial charge on any atom is 0.216 e. The van der Waals surface area contributed by atoms with Crippen molar-refractivity contribution < 1.29 is 9.13 Å². The molecule has 0 bridgehead atoms. The Morgan fingerprint density at radius 1 is 1.24 bits per heavy atom. The highest BCUT2D eigenvalue weighted by atomic mass is 32.1. The first-order valence-corrected chi connectivity index (χ1v) is 8.29. The molecule has 0 fully saturated rings. The van der Waals surface area contributed by atoms with Crippen molar-refractivity contribution in [2.75, 3.05) is 6.61 Å². The van der Waals surface area contributed by atoms with Gasteiger partial charge in [0, 0.05) is 0 Å². The van der Waals surface area contributed by atoms with Gasteiger partial charge in [-0.05, 0) is 60.6 Å². The molecule has 1 N–H and O–H groups in total. The fraction of sp³-hybridized carbons (Fsp3) is 0.167. The Kier molecular flexibility index (Phi) is 5.35. The molecule has 0 aliphatic rings. The van der Waals surface area contributed by atoms with Crippen LogP contribution < -0.4 is 4.74 Å². The van der Waals surface area contributed by atoms with E-state index in [9.17, 15) is 4.39 Å². The highest BCUT2D eigenvalue weighted by Crippen LogP contribution is 2.20. The lowest BCUT2D eigenvalue weighted by atomic mass is 10.2. The van der Waals surface area contributed by atoms with E-state index in [1.54, 1.807) is 24.4 Å². The molecule has 0 spiro atoms. The number of halogens is 1. The lowest BCUT2D eigenvalue weighted by molar-refractivity contribution is 0.317. The summed E-state index contributed by atoms with van der Waals surface area (Å²) in [6.45, 7) is 2.74. The van der Waals surface area contributed by atoms with E-state index < -0.39 is 0 Å². The van der Waals surface area contributed by atoms with Crippen LogP contribution in [-0.2, 0) is 0 Å². The molecule has 0 atom stereocenters. The summed E-state index contributed by atoms with van der Waals surface area (Å²) in [5, 5.41) is 11.1. The number of ether oxygens (including phenoxy) is 1. The quantitative estimate of drug-likeness (QED) is 0.525. The predicted molar refractivity (Wildman–Crippen MR) is 98.0 cm³/mol. The molecule has 0 saturated carbocycles. The monoisotopic (exact) mass is 356 g/mol. The Bertz CT molecular complexity index is 931. The van der Waals surface area contributed by atoms with E-state index in [4.69, 9.17) is 17.0 Å². The molecule has 5 nitrogen and oxygen atoms in total. The molecule has 3 aromatic rings. The summed E-state index contributed by atoms with van der Waals surface area (Å²) in [5.41, 5.74) is 1.20. The fourth-order valence-electron chi connectivity index (χ4n) is 2.21. The van der Waals surface area contributed by atoms with Gasteiger partial charge in [0.05, 0.1) is 18.4 Å². The third-order valence-electron chi connectivity index (χ3n) is 3.44. The number of nitrogens with one attached hydrogen (secondary N) is 1. The smallest absolute Gasteiger partial charge is 0.216 e. The molecular weight excluding hydrogens is 339 g/mol. The molecule has 0 aliphatic heterocycles. The summed E-state index contributed by atoms with van der Waals surface area (Å²) >= 11 is 5.19. The van der Waals surface area contributed by atoms with Crippen molar-refractivity contribution in [2.45, 2.75) is 13.3 Å². The van der Waals surface area contributed by atoms with Crippen LogP contribution in [0.1, 0.15) is 18.9 Å². The van der Waals surface area contributed by atoms with E-state index in [2.05, 4.69) is 22.2 Å². The molecule has 128 valence electrons. The zero-order valence-corrected chi connectivity index (χ0v) is 14.5. The second kappa shape index (κ2) is 7.85. The zero-order valence-electron chi connectivity index (χ0n) is 13.6. The van der Waals surface area contributed by atoms with Gasteiger partial charge in [-0.25, -0.2) is 9.49 Å². The zero-order chi connectivity index (χ0) is 17.6. The summed E-state index contributed by atoms with van der Waals surface area (Å²) < 4.78 is 21.2. The number of benzene rings is 2. The summed E-state index contributed by atoms with van der Waals surface area (Å²) in [6.07, 6.45) is 2.60. The Hall–Kier alpha value is -2.80. The number of rotatable bonds is 6. The Morgan fingerprint density at radius 3 is 2.72 bits per heavy atom. The van der Waals surface area contributed by atoms with Crippen LogP contribution in [0.25, 0.3) is 11.4 Å². The molecule has 0 unspecified atom stereocenters. The number of nitrogens with zero attached hydrogens (tertiary/aromatic N) is 3. The highest BCUT2D eigenvalue weighted by molar-refractivity contribution is 7.71. The molecule has 2 aromatic carbocycles. The van der Waals surface area contributed by atoms with Crippen LogP contribution in [0.15, 0.2) is 53.6 Å². The largest absolute Gasteiger partial charge is 0.494 e. The van der Waals surface area contributed by atoms with Crippen LogP contribution in [0.2, 0.25) is 0 Å². The van der Waals surface area contributed by atoms with Gasteiger partial charge in [-0.15, -0.1) is 0 Å². The summed E-state index contributed by atoms with van der Waals surface area (Å²) in [6, 6.07) is 13.9. The Labute approximate surface area is 149 Å². The maximum absolute atomic E-state index is 14.0. The van der Waals surface area contributed by atoms with Crippen molar-refractivity contribution in [3.05, 3.63) is 64.7 Å². The fourth-order valence-corrected chi connectivity index (χ4v) is 2.39. The van der Waals surface area contributed by atoms with Crippen molar-refractivity contribution >= 4 is 18.4 Å². The molecule has 0 amide bonds. The second-order valence-corrected chi connectivity index (χ2v) is 5.69. The van der Waals surface area contributed by atoms with E-state index in [1.807, 2.05) is 24.3 Å².